The molecule has 1 aliphatic rings. The number of pyridine rings is 1. The number of rotatable bonds is 9. The van der Waals surface area contributed by atoms with Crippen molar-refractivity contribution in [2.45, 2.75) is 58.8 Å². The van der Waals surface area contributed by atoms with Gasteiger partial charge < -0.3 is 0 Å². The minimum Gasteiger partial charge on any atom is -0.233 e. The second kappa shape index (κ2) is 11.0. The molecule has 3 aromatic heterocycles. The van der Waals surface area contributed by atoms with E-state index in [4.69, 9.17) is 4.98 Å². The van der Waals surface area contributed by atoms with Crippen LogP contribution in [0.15, 0.2) is 48.8 Å². The summed E-state index contributed by atoms with van der Waals surface area (Å²) in [6.07, 6.45) is 2.88. The summed E-state index contributed by atoms with van der Waals surface area (Å²) in [5.41, 5.74) is 1.58. The standard InChI is InChI=1S/C30H34F2N6O2S/c1-6-19(4)21-14-24(28-22(31)9-7-10-23(28)32)35-36-29(21)30(5,18(2)3)25-11-8-12-27(34-25)38-17-33-26(37-38)13-20-15-41(39,40)16-20/h7-12,14,17-20H,6,13,15-16H2,1-5H3/t19-,30-/m0/s1. The minimum absolute atomic E-state index is 0.0327. The van der Waals surface area contributed by atoms with Crippen molar-refractivity contribution in [1.29, 1.82) is 0 Å². The van der Waals surface area contributed by atoms with Crippen LogP contribution in [0.25, 0.3) is 17.1 Å². The van der Waals surface area contributed by atoms with Gasteiger partial charge in [-0.25, -0.2) is 31.8 Å². The number of sulfone groups is 1. The van der Waals surface area contributed by atoms with E-state index in [1.807, 2.05) is 18.2 Å². The van der Waals surface area contributed by atoms with Crippen LogP contribution in [0.4, 0.5) is 8.78 Å². The zero-order valence-corrected chi connectivity index (χ0v) is 24.7. The van der Waals surface area contributed by atoms with Gasteiger partial charge in [0.05, 0.1) is 39.6 Å². The van der Waals surface area contributed by atoms with Gasteiger partial charge in [0.15, 0.2) is 21.5 Å². The molecular formula is C30H34F2N6O2S. The number of hydrogen-bond donors (Lipinski definition) is 0. The van der Waals surface area contributed by atoms with Gasteiger partial charge in [-0.2, -0.15) is 5.10 Å². The van der Waals surface area contributed by atoms with Crippen molar-refractivity contribution < 1.29 is 17.2 Å². The van der Waals surface area contributed by atoms with Crippen LogP contribution in [-0.4, -0.2) is 49.9 Å². The van der Waals surface area contributed by atoms with Gasteiger partial charge in [-0.3, -0.25) is 0 Å². The van der Waals surface area contributed by atoms with Gasteiger partial charge in [0.2, 0.25) is 0 Å². The van der Waals surface area contributed by atoms with E-state index in [0.29, 0.717) is 23.8 Å². The lowest BCUT2D eigenvalue weighted by atomic mass is 9.70. The third kappa shape index (κ3) is 5.51. The molecule has 4 heterocycles. The highest BCUT2D eigenvalue weighted by Crippen LogP contribution is 2.42. The molecule has 0 radical (unpaired) electrons. The molecule has 2 atom stereocenters. The first kappa shape index (κ1) is 28.9. The molecule has 5 rings (SSSR count). The van der Waals surface area contributed by atoms with Crippen molar-refractivity contribution in [1.82, 2.24) is 29.9 Å². The van der Waals surface area contributed by atoms with E-state index >= 15 is 0 Å². The van der Waals surface area contributed by atoms with Crippen molar-refractivity contribution in [2.24, 2.45) is 11.8 Å². The molecule has 1 aliphatic heterocycles. The number of halogens is 2. The highest BCUT2D eigenvalue weighted by atomic mass is 32.2. The van der Waals surface area contributed by atoms with Crippen LogP contribution in [0, 0.1) is 23.5 Å². The Bertz CT molecular complexity index is 1660. The fourth-order valence-corrected chi connectivity index (χ4v) is 6.92. The molecule has 8 nitrogen and oxygen atoms in total. The number of nitrogens with zero attached hydrogens (tertiary/aromatic N) is 6. The molecule has 1 aromatic carbocycles. The molecule has 0 bridgehead atoms. The molecule has 11 heteroatoms. The Morgan fingerprint density at radius 2 is 1.73 bits per heavy atom. The highest BCUT2D eigenvalue weighted by Gasteiger charge is 2.39. The Balaban J connectivity index is 1.55. The first-order chi connectivity index (χ1) is 19.4. The molecule has 0 N–H and O–H groups in total. The number of benzene rings is 1. The van der Waals surface area contributed by atoms with E-state index in [0.717, 1.165) is 17.7 Å². The molecule has 216 valence electrons. The van der Waals surface area contributed by atoms with Gasteiger partial charge >= 0.3 is 0 Å². The van der Waals surface area contributed by atoms with Crippen LogP contribution in [-0.2, 0) is 21.7 Å². The maximum absolute atomic E-state index is 14.7. The minimum atomic E-state index is -2.91. The van der Waals surface area contributed by atoms with E-state index in [9.17, 15) is 17.2 Å². The van der Waals surface area contributed by atoms with Crippen LogP contribution in [0.5, 0.6) is 0 Å². The summed E-state index contributed by atoms with van der Waals surface area (Å²) in [6, 6.07) is 11.2. The van der Waals surface area contributed by atoms with Crippen LogP contribution < -0.4 is 0 Å². The highest BCUT2D eigenvalue weighted by molar-refractivity contribution is 7.92. The van der Waals surface area contributed by atoms with Crippen molar-refractivity contribution in [3.8, 4) is 17.1 Å². The third-order valence-electron chi connectivity index (χ3n) is 8.32. The summed E-state index contributed by atoms with van der Waals surface area (Å²) in [4.78, 5) is 9.36. The van der Waals surface area contributed by atoms with Crippen molar-refractivity contribution in [2.75, 3.05) is 11.5 Å². The van der Waals surface area contributed by atoms with Gasteiger partial charge in [0.1, 0.15) is 18.0 Å². The van der Waals surface area contributed by atoms with Crippen LogP contribution >= 0.6 is 0 Å². The van der Waals surface area contributed by atoms with E-state index in [1.54, 1.807) is 17.1 Å². The van der Waals surface area contributed by atoms with Crippen molar-refractivity contribution in [3.63, 3.8) is 0 Å². The largest absolute Gasteiger partial charge is 0.233 e. The molecule has 0 saturated carbocycles. The molecule has 1 fully saturated rings. The number of aromatic nitrogens is 6. The first-order valence-corrected chi connectivity index (χ1v) is 15.7. The second-order valence-corrected chi connectivity index (χ2v) is 13.6. The lowest BCUT2D eigenvalue weighted by Crippen LogP contribution is -2.37. The maximum Gasteiger partial charge on any atom is 0.155 e. The maximum atomic E-state index is 14.7. The Hall–Kier alpha value is -3.60. The monoisotopic (exact) mass is 580 g/mol. The summed E-state index contributed by atoms with van der Waals surface area (Å²) < 4.78 is 54.0. The second-order valence-electron chi connectivity index (χ2n) is 11.4. The smallest absolute Gasteiger partial charge is 0.155 e. The average Bonchev–Trinajstić information content (AvgIpc) is 3.39. The Kier molecular flexibility index (Phi) is 7.76. The Labute approximate surface area is 239 Å². The first-order valence-electron chi connectivity index (χ1n) is 13.8. The van der Waals surface area contributed by atoms with Gasteiger partial charge in [0.25, 0.3) is 0 Å². The van der Waals surface area contributed by atoms with Crippen LogP contribution in [0.2, 0.25) is 0 Å². The van der Waals surface area contributed by atoms with Gasteiger partial charge in [-0.15, -0.1) is 10.2 Å². The summed E-state index contributed by atoms with van der Waals surface area (Å²) in [5.74, 6) is 0.227. The quantitative estimate of drug-likeness (QED) is 0.259. The average molecular weight is 581 g/mol. The summed E-state index contributed by atoms with van der Waals surface area (Å²) in [6.45, 7) is 10.4. The lowest BCUT2D eigenvalue weighted by Gasteiger charge is -2.35. The van der Waals surface area contributed by atoms with Crippen LogP contribution in [0.3, 0.4) is 0 Å². The summed E-state index contributed by atoms with van der Waals surface area (Å²) in [7, 11) is -2.91. The zero-order chi connectivity index (χ0) is 29.5. The predicted octanol–water partition coefficient (Wildman–Crippen LogP) is 5.46. The van der Waals surface area contributed by atoms with Gasteiger partial charge in [-0.1, -0.05) is 39.8 Å². The van der Waals surface area contributed by atoms with Crippen molar-refractivity contribution in [3.05, 3.63) is 83.2 Å². The summed E-state index contributed by atoms with van der Waals surface area (Å²) in [5, 5.41) is 13.5. The van der Waals surface area contributed by atoms with Crippen LogP contribution in [0.1, 0.15) is 69.7 Å². The predicted molar refractivity (Wildman–Crippen MR) is 152 cm³/mol. The Morgan fingerprint density at radius 1 is 1.05 bits per heavy atom. The zero-order valence-electron chi connectivity index (χ0n) is 23.8. The molecule has 0 spiro atoms. The SMILES string of the molecule is CC[C@H](C)c1cc(-c2c(F)cccc2F)nnc1[C@](C)(c1cccc(-n2cnc(CC3CS(=O)(=O)C3)n2)n1)C(C)C. The Morgan fingerprint density at radius 3 is 2.37 bits per heavy atom. The van der Waals surface area contributed by atoms with E-state index < -0.39 is 26.9 Å². The van der Waals surface area contributed by atoms with E-state index in [2.05, 4.69) is 54.9 Å². The van der Waals surface area contributed by atoms with Gasteiger partial charge in [0, 0.05) is 6.42 Å². The van der Waals surface area contributed by atoms with E-state index in [-0.39, 0.29) is 40.5 Å². The summed E-state index contributed by atoms with van der Waals surface area (Å²) >= 11 is 0. The van der Waals surface area contributed by atoms with Crippen molar-refractivity contribution >= 4 is 9.84 Å². The fraction of sp³-hybridized carbons (Fsp3) is 0.433. The molecule has 0 amide bonds. The van der Waals surface area contributed by atoms with Gasteiger partial charge in [-0.05, 0) is 67.0 Å². The number of hydrogen-bond acceptors (Lipinski definition) is 7. The molecule has 4 aromatic rings. The molecule has 41 heavy (non-hydrogen) atoms. The lowest BCUT2D eigenvalue weighted by molar-refractivity contribution is 0.375. The molecular weight excluding hydrogens is 546 g/mol. The topological polar surface area (TPSA) is 104 Å². The fourth-order valence-electron chi connectivity index (χ4n) is 5.35. The normalized spacial score (nSPS) is 17.3. The third-order valence-corrected chi connectivity index (χ3v) is 10.3. The molecule has 0 aliphatic carbocycles. The van der Waals surface area contributed by atoms with E-state index in [1.165, 1.54) is 18.2 Å². The molecule has 0 unspecified atom stereocenters. The molecule has 1 saturated heterocycles.